The van der Waals surface area contributed by atoms with E-state index in [0.717, 1.165) is 18.3 Å². The van der Waals surface area contributed by atoms with Gasteiger partial charge in [-0.05, 0) is 44.4 Å². The maximum absolute atomic E-state index is 5.91. The average Bonchev–Trinajstić information content (AvgIpc) is 2.96. The Bertz CT molecular complexity index is 467. The second-order valence-corrected chi connectivity index (χ2v) is 5.82. The Balaban J connectivity index is 1.75. The van der Waals surface area contributed by atoms with Gasteiger partial charge in [-0.25, -0.2) is 0 Å². The minimum atomic E-state index is 0.0916. The van der Waals surface area contributed by atoms with Gasteiger partial charge in [-0.15, -0.1) is 0 Å². The fourth-order valence-corrected chi connectivity index (χ4v) is 2.66. The third-order valence-electron chi connectivity index (χ3n) is 3.80. The molecule has 0 aliphatic heterocycles. The molecule has 4 nitrogen and oxygen atoms in total. The van der Waals surface area contributed by atoms with Crippen molar-refractivity contribution < 1.29 is 4.74 Å². The number of nitrogens with zero attached hydrogens (tertiary/aromatic N) is 1. The minimum absolute atomic E-state index is 0.0916. The summed E-state index contributed by atoms with van der Waals surface area (Å²) in [6.07, 6.45) is 5.23. The van der Waals surface area contributed by atoms with E-state index in [2.05, 4.69) is 41.6 Å². The first-order chi connectivity index (χ1) is 10.2. The summed E-state index contributed by atoms with van der Waals surface area (Å²) >= 11 is 0. The monoisotopic (exact) mass is 289 g/mol. The van der Waals surface area contributed by atoms with Gasteiger partial charge in [0.05, 0.1) is 6.54 Å². The maximum atomic E-state index is 5.91. The van der Waals surface area contributed by atoms with E-state index in [4.69, 9.17) is 4.74 Å². The van der Waals surface area contributed by atoms with Crippen molar-refractivity contribution in [2.75, 3.05) is 13.6 Å². The molecule has 1 fully saturated rings. The minimum Gasteiger partial charge on any atom is -0.489 e. The Kier molecular flexibility index (Phi) is 5.90. The van der Waals surface area contributed by atoms with Gasteiger partial charge >= 0.3 is 0 Å². The highest BCUT2D eigenvalue weighted by molar-refractivity contribution is 5.80. The topological polar surface area (TPSA) is 45.7 Å². The van der Waals surface area contributed by atoms with E-state index in [1.165, 1.54) is 31.2 Å². The van der Waals surface area contributed by atoms with Gasteiger partial charge in [0.2, 0.25) is 0 Å². The molecular formula is C17H27N3O. The third kappa shape index (κ3) is 5.29. The molecule has 0 aromatic heterocycles. The van der Waals surface area contributed by atoms with Crippen molar-refractivity contribution in [3.05, 3.63) is 29.8 Å². The molecule has 1 aliphatic carbocycles. The summed E-state index contributed by atoms with van der Waals surface area (Å²) in [5, 5.41) is 6.82. The summed E-state index contributed by atoms with van der Waals surface area (Å²) in [5.41, 5.74) is 1.21. The molecule has 0 heterocycles. The standard InChI is InChI=1S/C17H27N3O/c1-13-7-6-10-16(11-13)21-14(2)12-19-17(18-3)20-15-8-4-5-9-15/h6-7,10-11,14-15H,4-5,8-9,12H2,1-3H3,(H2,18,19,20). The normalized spacial score (nSPS) is 17.6. The van der Waals surface area contributed by atoms with E-state index in [1.54, 1.807) is 0 Å². The number of guanidine groups is 1. The number of aryl methyl sites for hydroxylation is 1. The molecule has 0 saturated heterocycles. The number of nitrogens with one attached hydrogen (secondary N) is 2. The van der Waals surface area contributed by atoms with Crippen LogP contribution in [0.2, 0.25) is 0 Å². The van der Waals surface area contributed by atoms with Crippen LogP contribution in [0.5, 0.6) is 5.75 Å². The molecule has 4 heteroatoms. The van der Waals surface area contributed by atoms with E-state index in [1.807, 2.05) is 19.2 Å². The molecule has 0 bridgehead atoms. The summed E-state index contributed by atoms with van der Waals surface area (Å²) in [4.78, 5) is 4.28. The van der Waals surface area contributed by atoms with Crippen LogP contribution in [-0.4, -0.2) is 31.7 Å². The quantitative estimate of drug-likeness (QED) is 0.647. The summed E-state index contributed by atoms with van der Waals surface area (Å²) < 4.78 is 5.91. The van der Waals surface area contributed by atoms with Crippen LogP contribution < -0.4 is 15.4 Å². The number of rotatable bonds is 5. The van der Waals surface area contributed by atoms with Crippen molar-refractivity contribution in [3.8, 4) is 5.75 Å². The zero-order chi connectivity index (χ0) is 15.1. The maximum Gasteiger partial charge on any atom is 0.191 e. The second kappa shape index (κ2) is 7.91. The largest absolute Gasteiger partial charge is 0.489 e. The molecule has 2 rings (SSSR count). The first-order valence-corrected chi connectivity index (χ1v) is 7.88. The Morgan fingerprint density at radius 2 is 2.14 bits per heavy atom. The van der Waals surface area contributed by atoms with E-state index in [9.17, 15) is 0 Å². The summed E-state index contributed by atoms with van der Waals surface area (Å²) in [5.74, 6) is 1.80. The summed E-state index contributed by atoms with van der Waals surface area (Å²) in [6.45, 7) is 4.88. The molecule has 0 spiro atoms. The lowest BCUT2D eigenvalue weighted by Crippen LogP contribution is -2.45. The Morgan fingerprint density at radius 1 is 1.38 bits per heavy atom. The lowest BCUT2D eigenvalue weighted by atomic mass is 10.2. The highest BCUT2D eigenvalue weighted by Crippen LogP contribution is 2.17. The lowest BCUT2D eigenvalue weighted by Gasteiger charge is -2.20. The summed E-state index contributed by atoms with van der Waals surface area (Å²) in [7, 11) is 1.82. The summed E-state index contributed by atoms with van der Waals surface area (Å²) in [6, 6.07) is 8.72. The smallest absolute Gasteiger partial charge is 0.191 e. The van der Waals surface area contributed by atoms with Gasteiger partial charge in [0.15, 0.2) is 5.96 Å². The average molecular weight is 289 g/mol. The number of hydrogen-bond acceptors (Lipinski definition) is 2. The lowest BCUT2D eigenvalue weighted by molar-refractivity contribution is 0.223. The highest BCUT2D eigenvalue weighted by atomic mass is 16.5. The van der Waals surface area contributed by atoms with E-state index >= 15 is 0 Å². The second-order valence-electron chi connectivity index (χ2n) is 5.82. The van der Waals surface area contributed by atoms with Gasteiger partial charge in [-0.3, -0.25) is 4.99 Å². The zero-order valence-electron chi connectivity index (χ0n) is 13.4. The predicted molar refractivity (Wildman–Crippen MR) is 88.0 cm³/mol. The van der Waals surface area contributed by atoms with E-state index in [-0.39, 0.29) is 6.10 Å². The fourth-order valence-electron chi connectivity index (χ4n) is 2.66. The first-order valence-electron chi connectivity index (χ1n) is 7.88. The van der Waals surface area contributed by atoms with Crippen molar-refractivity contribution in [1.29, 1.82) is 0 Å². The van der Waals surface area contributed by atoms with Crippen LogP contribution in [0.15, 0.2) is 29.3 Å². The van der Waals surface area contributed by atoms with E-state index in [0.29, 0.717) is 6.04 Å². The van der Waals surface area contributed by atoms with Crippen molar-refractivity contribution in [3.63, 3.8) is 0 Å². The van der Waals surface area contributed by atoms with E-state index < -0.39 is 0 Å². The van der Waals surface area contributed by atoms with Gasteiger partial charge in [0.25, 0.3) is 0 Å². The molecule has 0 amide bonds. The van der Waals surface area contributed by atoms with Crippen LogP contribution in [0.4, 0.5) is 0 Å². The van der Waals surface area contributed by atoms with Crippen LogP contribution >= 0.6 is 0 Å². The Labute approximate surface area is 128 Å². The fraction of sp³-hybridized carbons (Fsp3) is 0.588. The number of benzene rings is 1. The molecule has 1 saturated carbocycles. The Hall–Kier alpha value is -1.71. The molecule has 2 N–H and O–H groups in total. The van der Waals surface area contributed by atoms with Crippen LogP contribution in [0.25, 0.3) is 0 Å². The van der Waals surface area contributed by atoms with Crippen molar-refractivity contribution in [2.24, 2.45) is 4.99 Å². The molecule has 116 valence electrons. The van der Waals surface area contributed by atoms with Gasteiger partial charge in [-0.2, -0.15) is 0 Å². The third-order valence-corrected chi connectivity index (χ3v) is 3.80. The number of hydrogen-bond donors (Lipinski definition) is 2. The molecule has 1 aliphatic rings. The predicted octanol–water partition coefficient (Wildman–Crippen LogP) is 2.87. The van der Waals surface area contributed by atoms with Crippen molar-refractivity contribution in [1.82, 2.24) is 10.6 Å². The molecule has 1 aromatic rings. The molecule has 1 aromatic carbocycles. The van der Waals surface area contributed by atoms with Crippen LogP contribution in [0.1, 0.15) is 38.2 Å². The SMILES string of the molecule is CN=C(NCC(C)Oc1cccc(C)c1)NC1CCCC1. The first kappa shape index (κ1) is 15.7. The van der Waals surface area contributed by atoms with Gasteiger partial charge < -0.3 is 15.4 Å². The number of ether oxygens (including phenoxy) is 1. The van der Waals surface area contributed by atoms with Gasteiger partial charge in [0.1, 0.15) is 11.9 Å². The molecule has 21 heavy (non-hydrogen) atoms. The molecule has 1 atom stereocenters. The van der Waals surface area contributed by atoms with Crippen molar-refractivity contribution in [2.45, 2.75) is 51.7 Å². The molecule has 0 radical (unpaired) electrons. The van der Waals surface area contributed by atoms with Crippen LogP contribution in [0, 0.1) is 6.92 Å². The van der Waals surface area contributed by atoms with Gasteiger partial charge in [-0.1, -0.05) is 25.0 Å². The van der Waals surface area contributed by atoms with Crippen LogP contribution in [0.3, 0.4) is 0 Å². The zero-order valence-corrected chi connectivity index (χ0v) is 13.4. The highest BCUT2D eigenvalue weighted by Gasteiger charge is 2.16. The van der Waals surface area contributed by atoms with Crippen molar-refractivity contribution >= 4 is 5.96 Å². The molecule has 1 unspecified atom stereocenters. The Morgan fingerprint density at radius 3 is 2.81 bits per heavy atom. The van der Waals surface area contributed by atoms with Crippen LogP contribution in [-0.2, 0) is 0 Å². The van der Waals surface area contributed by atoms with Gasteiger partial charge in [0, 0.05) is 13.1 Å². The number of aliphatic imine (C=N–C) groups is 1. The molecular weight excluding hydrogens is 262 g/mol.